The maximum absolute atomic E-state index is 12.4. The zero-order valence-electron chi connectivity index (χ0n) is 11.5. The lowest BCUT2D eigenvalue weighted by molar-refractivity contribution is 0.0679. The molecule has 3 rings (SSSR count). The van der Waals surface area contributed by atoms with Crippen molar-refractivity contribution < 1.29 is 9.21 Å². The number of fused-ring (bicyclic) bond motifs is 1. The molecule has 1 amide bonds. The SMILES string of the molecule is Cc1ccc2oc(C(=O)N3CCC[C@@H](N)C3)cc2c1.Cl. The van der Waals surface area contributed by atoms with Gasteiger partial charge in [0, 0.05) is 24.5 Å². The molecule has 1 fully saturated rings. The maximum atomic E-state index is 12.4. The number of benzene rings is 1. The lowest BCUT2D eigenvalue weighted by Crippen LogP contribution is -2.45. The Hall–Kier alpha value is -1.52. The van der Waals surface area contributed by atoms with Crippen molar-refractivity contribution in [3.05, 3.63) is 35.6 Å². The topological polar surface area (TPSA) is 59.5 Å². The van der Waals surface area contributed by atoms with Gasteiger partial charge in [-0.1, -0.05) is 11.6 Å². The summed E-state index contributed by atoms with van der Waals surface area (Å²) in [5.74, 6) is 0.360. The zero-order valence-corrected chi connectivity index (χ0v) is 12.3. The van der Waals surface area contributed by atoms with E-state index in [-0.39, 0.29) is 24.4 Å². The van der Waals surface area contributed by atoms with Gasteiger partial charge in [-0.05, 0) is 38.0 Å². The number of piperidine rings is 1. The Kier molecular flexibility index (Phi) is 4.35. The van der Waals surface area contributed by atoms with Gasteiger partial charge >= 0.3 is 0 Å². The normalized spacial score (nSPS) is 18.9. The van der Waals surface area contributed by atoms with Gasteiger partial charge in [0.1, 0.15) is 5.58 Å². The van der Waals surface area contributed by atoms with E-state index in [0.717, 1.165) is 35.9 Å². The second-order valence-electron chi connectivity index (χ2n) is 5.31. The molecule has 0 aliphatic carbocycles. The number of nitrogens with two attached hydrogens (primary N) is 1. The Morgan fingerprint density at radius 2 is 2.20 bits per heavy atom. The van der Waals surface area contributed by atoms with Crippen LogP contribution in [0.15, 0.2) is 28.7 Å². The molecule has 1 atom stereocenters. The summed E-state index contributed by atoms with van der Waals surface area (Å²) in [6.07, 6.45) is 1.95. The van der Waals surface area contributed by atoms with E-state index in [1.807, 2.05) is 31.2 Å². The van der Waals surface area contributed by atoms with Crippen molar-refractivity contribution in [2.45, 2.75) is 25.8 Å². The van der Waals surface area contributed by atoms with Crippen LogP contribution in [0.4, 0.5) is 0 Å². The summed E-state index contributed by atoms with van der Waals surface area (Å²) in [4.78, 5) is 14.2. The van der Waals surface area contributed by atoms with Crippen LogP contribution in [0.25, 0.3) is 11.0 Å². The van der Waals surface area contributed by atoms with Crippen LogP contribution < -0.4 is 5.73 Å². The van der Waals surface area contributed by atoms with Crippen molar-refractivity contribution in [3.8, 4) is 0 Å². The number of nitrogens with zero attached hydrogens (tertiary/aromatic N) is 1. The lowest BCUT2D eigenvalue weighted by atomic mass is 10.1. The lowest BCUT2D eigenvalue weighted by Gasteiger charge is -2.29. The van der Waals surface area contributed by atoms with Gasteiger partial charge in [-0.2, -0.15) is 0 Å². The predicted molar refractivity (Wildman–Crippen MR) is 81.3 cm³/mol. The average Bonchev–Trinajstić information content (AvgIpc) is 2.80. The highest BCUT2D eigenvalue weighted by Crippen LogP contribution is 2.22. The smallest absolute Gasteiger partial charge is 0.289 e. The van der Waals surface area contributed by atoms with Gasteiger partial charge in [0.25, 0.3) is 5.91 Å². The van der Waals surface area contributed by atoms with Crippen molar-refractivity contribution >= 4 is 29.3 Å². The minimum atomic E-state index is -0.0518. The highest BCUT2D eigenvalue weighted by Gasteiger charge is 2.24. The fourth-order valence-corrected chi connectivity index (χ4v) is 2.62. The van der Waals surface area contributed by atoms with Crippen LogP contribution >= 0.6 is 12.4 Å². The number of aryl methyl sites for hydroxylation is 1. The van der Waals surface area contributed by atoms with Crippen molar-refractivity contribution in [3.63, 3.8) is 0 Å². The van der Waals surface area contributed by atoms with E-state index in [0.29, 0.717) is 12.3 Å². The van der Waals surface area contributed by atoms with E-state index in [1.54, 1.807) is 4.90 Å². The summed E-state index contributed by atoms with van der Waals surface area (Å²) in [7, 11) is 0. The van der Waals surface area contributed by atoms with E-state index in [4.69, 9.17) is 10.2 Å². The molecule has 1 saturated heterocycles. The zero-order chi connectivity index (χ0) is 13.4. The van der Waals surface area contributed by atoms with Crippen molar-refractivity contribution in [1.29, 1.82) is 0 Å². The molecule has 20 heavy (non-hydrogen) atoms. The number of hydrogen-bond acceptors (Lipinski definition) is 3. The molecule has 0 spiro atoms. The molecule has 0 unspecified atom stereocenters. The molecule has 2 aromatic rings. The third kappa shape index (κ3) is 2.81. The number of halogens is 1. The summed E-state index contributed by atoms with van der Waals surface area (Å²) in [6.45, 7) is 3.41. The molecular weight excluding hydrogens is 276 g/mol. The molecule has 2 heterocycles. The maximum Gasteiger partial charge on any atom is 0.289 e. The van der Waals surface area contributed by atoms with Crippen LogP contribution in [0, 0.1) is 6.92 Å². The number of carbonyl (C=O) groups excluding carboxylic acids is 1. The van der Waals surface area contributed by atoms with Gasteiger partial charge in [-0.15, -0.1) is 12.4 Å². The summed E-state index contributed by atoms with van der Waals surface area (Å²) in [6, 6.07) is 7.83. The van der Waals surface area contributed by atoms with Gasteiger partial charge in [-0.3, -0.25) is 4.79 Å². The molecule has 1 aliphatic rings. The Labute approximate surface area is 124 Å². The fourth-order valence-electron chi connectivity index (χ4n) is 2.62. The van der Waals surface area contributed by atoms with E-state index in [2.05, 4.69) is 0 Å². The highest BCUT2D eigenvalue weighted by atomic mass is 35.5. The van der Waals surface area contributed by atoms with E-state index in [1.165, 1.54) is 0 Å². The van der Waals surface area contributed by atoms with Crippen LogP contribution in [-0.2, 0) is 0 Å². The van der Waals surface area contributed by atoms with E-state index < -0.39 is 0 Å². The second kappa shape index (κ2) is 5.85. The van der Waals surface area contributed by atoms with Crippen LogP contribution in [0.5, 0.6) is 0 Å². The molecular formula is C15H19ClN2O2. The number of likely N-dealkylation sites (tertiary alicyclic amines) is 1. The fraction of sp³-hybridized carbons (Fsp3) is 0.400. The van der Waals surface area contributed by atoms with Crippen LogP contribution in [0.3, 0.4) is 0 Å². The molecule has 0 radical (unpaired) electrons. The first-order chi connectivity index (χ1) is 9.13. The number of rotatable bonds is 1. The minimum absolute atomic E-state index is 0. The molecule has 1 aromatic heterocycles. The number of furan rings is 1. The number of amides is 1. The Morgan fingerprint density at radius 1 is 1.40 bits per heavy atom. The van der Waals surface area contributed by atoms with Gasteiger partial charge in [0.15, 0.2) is 5.76 Å². The van der Waals surface area contributed by atoms with Crippen molar-refractivity contribution in [1.82, 2.24) is 4.90 Å². The van der Waals surface area contributed by atoms with E-state index in [9.17, 15) is 4.79 Å². The van der Waals surface area contributed by atoms with Gasteiger partial charge in [0.2, 0.25) is 0 Å². The van der Waals surface area contributed by atoms with Gasteiger partial charge in [0.05, 0.1) is 0 Å². The molecule has 5 heteroatoms. The summed E-state index contributed by atoms with van der Waals surface area (Å²) in [5.41, 5.74) is 7.83. The molecule has 2 N–H and O–H groups in total. The van der Waals surface area contributed by atoms with Gasteiger partial charge < -0.3 is 15.1 Å². The predicted octanol–water partition coefficient (Wildman–Crippen LogP) is 2.73. The molecule has 4 nitrogen and oxygen atoms in total. The number of carbonyl (C=O) groups is 1. The van der Waals surface area contributed by atoms with Crippen molar-refractivity contribution in [2.75, 3.05) is 13.1 Å². The first-order valence-electron chi connectivity index (χ1n) is 6.68. The van der Waals surface area contributed by atoms with Crippen LogP contribution in [0.2, 0.25) is 0 Å². The largest absolute Gasteiger partial charge is 0.451 e. The average molecular weight is 295 g/mol. The quantitative estimate of drug-likeness (QED) is 0.880. The Balaban J connectivity index is 0.00000147. The summed E-state index contributed by atoms with van der Waals surface area (Å²) in [5, 5.41) is 0.977. The molecule has 0 saturated carbocycles. The van der Waals surface area contributed by atoms with Crippen LogP contribution in [-0.4, -0.2) is 29.9 Å². The summed E-state index contributed by atoms with van der Waals surface area (Å²) >= 11 is 0. The standard InChI is InChI=1S/C15H18N2O2.ClH/c1-10-4-5-13-11(7-10)8-14(19-13)15(18)17-6-2-3-12(16)9-17;/h4-5,7-8,12H,2-3,6,9,16H2,1H3;1H/t12-;/m1./s1. The Bertz CT molecular complexity index is 623. The van der Waals surface area contributed by atoms with Gasteiger partial charge in [-0.25, -0.2) is 0 Å². The first kappa shape index (κ1) is 14.9. The monoisotopic (exact) mass is 294 g/mol. The Morgan fingerprint density at radius 3 is 2.95 bits per heavy atom. The highest BCUT2D eigenvalue weighted by molar-refractivity contribution is 5.96. The molecule has 1 aliphatic heterocycles. The molecule has 0 bridgehead atoms. The third-order valence-electron chi connectivity index (χ3n) is 3.63. The first-order valence-corrected chi connectivity index (χ1v) is 6.68. The minimum Gasteiger partial charge on any atom is -0.451 e. The summed E-state index contributed by atoms with van der Waals surface area (Å²) < 4.78 is 5.64. The van der Waals surface area contributed by atoms with E-state index >= 15 is 0 Å². The third-order valence-corrected chi connectivity index (χ3v) is 3.63. The van der Waals surface area contributed by atoms with Crippen molar-refractivity contribution in [2.24, 2.45) is 5.73 Å². The number of hydrogen-bond donors (Lipinski definition) is 1. The van der Waals surface area contributed by atoms with Crippen LogP contribution in [0.1, 0.15) is 29.0 Å². The molecule has 108 valence electrons. The second-order valence-corrected chi connectivity index (χ2v) is 5.31. The molecule has 1 aromatic carbocycles.